The van der Waals surface area contributed by atoms with E-state index >= 15 is 0 Å². The first-order valence-corrected chi connectivity index (χ1v) is 5.33. The van der Waals surface area contributed by atoms with E-state index in [9.17, 15) is 13.2 Å². The number of halogens is 3. The van der Waals surface area contributed by atoms with E-state index in [1.807, 2.05) is 0 Å². The van der Waals surface area contributed by atoms with Gasteiger partial charge in [-0.15, -0.1) is 0 Å². The van der Waals surface area contributed by atoms with E-state index in [0.29, 0.717) is 5.56 Å². The first kappa shape index (κ1) is 13.2. The Labute approximate surface area is 106 Å². The predicted octanol–water partition coefficient (Wildman–Crippen LogP) is 3.00. The normalized spacial score (nSPS) is 12.2. The lowest BCUT2D eigenvalue weighted by molar-refractivity contribution is -0.144. The van der Waals surface area contributed by atoms with Crippen LogP contribution in [0.15, 0.2) is 40.8 Å². The van der Waals surface area contributed by atoms with E-state index in [1.165, 1.54) is 19.4 Å². The van der Waals surface area contributed by atoms with Gasteiger partial charge in [0.25, 0.3) is 0 Å². The van der Waals surface area contributed by atoms with Gasteiger partial charge in [-0.1, -0.05) is 0 Å². The third kappa shape index (κ3) is 2.95. The lowest BCUT2D eigenvalue weighted by Crippen LogP contribution is -2.13. The zero-order chi connectivity index (χ0) is 13.9. The summed E-state index contributed by atoms with van der Waals surface area (Å²) in [6.07, 6.45) is -1.50. The second kappa shape index (κ2) is 5.17. The second-order valence-corrected chi connectivity index (χ2v) is 3.64. The molecule has 0 radical (unpaired) electrons. The van der Waals surface area contributed by atoms with E-state index < -0.39 is 11.9 Å². The largest absolute Gasteiger partial charge is 0.433 e. The zero-order valence-corrected chi connectivity index (χ0v) is 9.96. The van der Waals surface area contributed by atoms with Crippen LogP contribution in [0.1, 0.15) is 5.69 Å². The summed E-state index contributed by atoms with van der Waals surface area (Å²) in [5.74, 6) is 0. The molecule has 0 aliphatic heterocycles. The van der Waals surface area contributed by atoms with Gasteiger partial charge in [0.05, 0.1) is 5.69 Å². The third-order valence-corrected chi connectivity index (χ3v) is 2.37. The van der Waals surface area contributed by atoms with Crippen LogP contribution in [0.4, 0.5) is 13.2 Å². The van der Waals surface area contributed by atoms with Crippen LogP contribution in [0.5, 0.6) is 0 Å². The van der Waals surface area contributed by atoms with Crippen molar-refractivity contribution in [1.29, 1.82) is 0 Å². The van der Waals surface area contributed by atoms with Gasteiger partial charge in [0, 0.05) is 25.0 Å². The van der Waals surface area contributed by atoms with Crippen LogP contribution < -0.4 is 0 Å². The van der Waals surface area contributed by atoms with Gasteiger partial charge in [0.15, 0.2) is 6.67 Å². The summed E-state index contributed by atoms with van der Waals surface area (Å²) < 4.78 is 39.3. The van der Waals surface area contributed by atoms with Crippen molar-refractivity contribution in [2.24, 2.45) is 10.2 Å². The van der Waals surface area contributed by atoms with Crippen molar-refractivity contribution in [3.63, 3.8) is 0 Å². The van der Waals surface area contributed by atoms with Crippen molar-refractivity contribution >= 4 is 0 Å². The molecule has 2 aromatic heterocycles. The van der Waals surface area contributed by atoms with Crippen LogP contribution in [-0.4, -0.2) is 21.8 Å². The smallest absolute Gasteiger partial charge is 0.264 e. The maximum atomic E-state index is 12.9. The molecule has 0 spiro atoms. The number of hydrogen-bond acceptors (Lipinski definition) is 4. The summed E-state index contributed by atoms with van der Waals surface area (Å²) in [6.45, 7) is -0.272. The number of alkyl halides is 3. The number of pyridine rings is 1. The van der Waals surface area contributed by atoms with E-state index in [-0.39, 0.29) is 12.4 Å². The van der Waals surface area contributed by atoms with Crippen molar-refractivity contribution < 1.29 is 13.2 Å². The molecule has 0 N–H and O–H groups in total. The fraction of sp³-hybridized carbons (Fsp3) is 0.273. The van der Waals surface area contributed by atoms with Gasteiger partial charge in [-0.3, -0.25) is 4.98 Å². The average Bonchev–Trinajstić information content (AvgIpc) is 2.81. The summed E-state index contributed by atoms with van der Waals surface area (Å²) in [6, 6.07) is 4.25. The predicted molar refractivity (Wildman–Crippen MR) is 61.2 cm³/mol. The summed E-state index contributed by atoms with van der Waals surface area (Å²) in [5, 5.41) is 10.8. The maximum absolute atomic E-state index is 12.9. The van der Waals surface area contributed by atoms with E-state index in [1.54, 1.807) is 12.1 Å². The Hall–Kier alpha value is -2.25. The topological polar surface area (TPSA) is 55.4 Å². The summed E-state index contributed by atoms with van der Waals surface area (Å²) in [5.41, 5.74) is -0.148. The van der Waals surface area contributed by atoms with Crippen LogP contribution in [0.2, 0.25) is 0 Å². The van der Waals surface area contributed by atoms with Crippen LogP contribution in [-0.2, 0) is 12.8 Å². The van der Waals surface area contributed by atoms with E-state index in [2.05, 4.69) is 20.3 Å². The van der Waals surface area contributed by atoms with Gasteiger partial charge in [0.2, 0.25) is 0 Å². The average molecular weight is 269 g/mol. The molecule has 2 aromatic rings. The number of azo groups is 1. The van der Waals surface area contributed by atoms with E-state index in [0.717, 1.165) is 10.7 Å². The molecule has 0 aromatic carbocycles. The molecule has 2 heterocycles. The van der Waals surface area contributed by atoms with Crippen LogP contribution in [0, 0.1) is 0 Å². The number of hydrogen-bond donors (Lipinski definition) is 0. The Morgan fingerprint density at radius 1 is 1.37 bits per heavy atom. The molecule has 100 valence electrons. The van der Waals surface area contributed by atoms with Crippen molar-refractivity contribution in [3.8, 4) is 11.3 Å². The standard InChI is InChI=1S/C11H10F3N5/c1-15-17-7-19-10(11(12,13)14)5-9(18-19)8-3-2-4-16-6-8/h2-6H,7H2,1H3. The molecule has 2 rings (SSSR count). The van der Waals surface area contributed by atoms with Gasteiger partial charge in [-0.25, -0.2) is 4.68 Å². The Morgan fingerprint density at radius 2 is 2.16 bits per heavy atom. The second-order valence-electron chi connectivity index (χ2n) is 3.64. The fourth-order valence-electron chi connectivity index (χ4n) is 1.53. The molecule has 0 aliphatic carbocycles. The molecule has 8 heteroatoms. The van der Waals surface area contributed by atoms with Gasteiger partial charge in [-0.05, 0) is 18.2 Å². The lowest BCUT2D eigenvalue weighted by atomic mass is 10.2. The first-order valence-electron chi connectivity index (χ1n) is 5.33. The minimum absolute atomic E-state index is 0.201. The Morgan fingerprint density at radius 3 is 2.74 bits per heavy atom. The van der Waals surface area contributed by atoms with Gasteiger partial charge in [0.1, 0.15) is 5.69 Å². The molecule has 19 heavy (non-hydrogen) atoms. The Kier molecular flexibility index (Phi) is 3.59. The van der Waals surface area contributed by atoms with Crippen LogP contribution in [0.3, 0.4) is 0 Å². The quantitative estimate of drug-likeness (QED) is 0.804. The molecule has 0 unspecified atom stereocenters. The molecule has 5 nitrogen and oxygen atoms in total. The monoisotopic (exact) mass is 269 g/mol. The Bertz CT molecular complexity index is 574. The minimum atomic E-state index is -4.49. The fourth-order valence-corrected chi connectivity index (χ4v) is 1.53. The van der Waals surface area contributed by atoms with Crippen LogP contribution in [0.25, 0.3) is 11.3 Å². The molecule has 0 saturated carbocycles. The molecular formula is C11H10F3N5. The molecule has 0 amide bonds. The highest BCUT2D eigenvalue weighted by molar-refractivity contribution is 5.58. The lowest BCUT2D eigenvalue weighted by Gasteiger charge is -2.06. The van der Waals surface area contributed by atoms with Gasteiger partial charge >= 0.3 is 6.18 Å². The molecule has 0 saturated heterocycles. The third-order valence-electron chi connectivity index (χ3n) is 2.37. The van der Waals surface area contributed by atoms with Crippen molar-refractivity contribution in [2.75, 3.05) is 7.05 Å². The van der Waals surface area contributed by atoms with Crippen LogP contribution >= 0.6 is 0 Å². The summed E-state index contributed by atoms with van der Waals surface area (Å²) in [7, 11) is 1.39. The molecule has 0 bridgehead atoms. The SMILES string of the molecule is CN=NCn1nc(-c2cccnc2)cc1C(F)(F)F. The van der Waals surface area contributed by atoms with Crippen molar-refractivity contribution in [3.05, 3.63) is 36.3 Å². The summed E-state index contributed by atoms with van der Waals surface area (Å²) in [4.78, 5) is 3.85. The Balaban J connectivity index is 2.46. The first-order chi connectivity index (χ1) is 9.02. The van der Waals surface area contributed by atoms with Crippen molar-refractivity contribution in [2.45, 2.75) is 12.8 Å². The van der Waals surface area contributed by atoms with Gasteiger partial charge < -0.3 is 0 Å². The summed E-state index contributed by atoms with van der Waals surface area (Å²) >= 11 is 0. The van der Waals surface area contributed by atoms with Gasteiger partial charge in [-0.2, -0.15) is 28.5 Å². The molecule has 0 aliphatic rings. The highest BCUT2D eigenvalue weighted by Crippen LogP contribution is 2.32. The van der Waals surface area contributed by atoms with E-state index in [4.69, 9.17) is 0 Å². The highest BCUT2D eigenvalue weighted by atomic mass is 19.4. The maximum Gasteiger partial charge on any atom is 0.433 e. The molecule has 0 atom stereocenters. The highest BCUT2D eigenvalue weighted by Gasteiger charge is 2.36. The molecule has 0 fully saturated rings. The minimum Gasteiger partial charge on any atom is -0.264 e. The molecular weight excluding hydrogens is 259 g/mol. The zero-order valence-electron chi connectivity index (χ0n) is 9.96. The number of nitrogens with zero attached hydrogens (tertiary/aromatic N) is 5. The number of aromatic nitrogens is 3. The number of rotatable bonds is 3. The van der Waals surface area contributed by atoms with Crippen molar-refractivity contribution in [1.82, 2.24) is 14.8 Å².